The van der Waals surface area contributed by atoms with Crippen LogP contribution in [0, 0.1) is 17.8 Å². The Bertz CT molecular complexity index is 921. The van der Waals surface area contributed by atoms with Crippen LogP contribution in [-0.2, 0) is 19.0 Å². The molecular formula is C26H34O8. The van der Waals surface area contributed by atoms with Crippen LogP contribution in [0.4, 0.5) is 0 Å². The summed E-state index contributed by atoms with van der Waals surface area (Å²) in [6.45, 7) is 7.12. The highest BCUT2D eigenvalue weighted by molar-refractivity contribution is 5.87. The number of hydrogen-bond acceptors (Lipinski definition) is 8. The van der Waals surface area contributed by atoms with Crippen LogP contribution in [0.3, 0.4) is 0 Å². The molecule has 1 aliphatic carbocycles. The van der Waals surface area contributed by atoms with Gasteiger partial charge in [-0.3, -0.25) is 0 Å². The smallest absolute Gasteiger partial charge is 0.331 e. The van der Waals surface area contributed by atoms with Gasteiger partial charge in [0.2, 0.25) is 6.29 Å². The molecule has 2 aliphatic rings. The molecule has 8 heteroatoms. The van der Waals surface area contributed by atoms with E-state index in [-0.39, 0.29) is 18.8 Å². The molecule has 1 aliphatic heterocycles. The van der Waals surface area contributed by atoms with Crippen molar-refractivity contribution < 1.29 is 39.4 Å². The molecule has 0 amide bonds. The lowest BCUT2D eigenvalue weighted by atomic mass is 9.80. The zero-order valence-corrected chi connectivity index (χ0v) is 19.6. The van der Waals surface area contributed by atoms with Crippen molar-refractivity contribution in [3.8, 4) is 5.75 Å². The Hall–Kier alpha value is -2.81. The number of ether oxygens (including phenoxy) is 3. The number of carbonyl (C=O) groups excluding carboxylic acids is 1. The lowest BCUT2D eigenvalue weighted by Gasteiger charge is -2.40. The standard InChI is InChI=1S/C26H34O8/c1-4-16(2)11-17(3)33-25-24-21(19(13-27)14-32-25)12-22(26(24,31)15-28)34-23(30)10-7-18-5-8-20(29)9-6-18/h5-10,14,16,21-22,24-25,27-29,31H,3-4,11-13,15H2,1-2H3/b10-7+/t16-,21-,22+,24-,25+,26-/m1/s1. The van der Waals surface area contributed by atoms with Gasteiger partial charge in [0.15, 0.2) is 0 Å². The largest absolute Gasteiger partial charge is 0.508 e. The van der Waals surface area contributed by atoms with Gasteiger partial charge in [-0.05, 0) is 41.7 Å². The molecule has 0 radical (unpaired) electrons. The maximum atomic E-state index is 12.5. The molecule has 3 rings (SSSR count). The summed E-state index contributed by atoms with van der Waals surface area (Å²) in [5, 5.41) is 40.8. The van der Waals surface area contributed by atoms with Gasteiger partial charge in [-0.25, -0.2) is 4.79 Å². The lowest BCUT2D eigenvalue weighted by Crippen LogP contribution is -2.54. The first-order chi connectivity index (χ1) is 16.2. The quantitative estimate of drug-likeness (QED) is 0.232. The molecule has 6 atom stereocenters. The number of aliphatic hydroxyl groups is 3. The van der Waals surface area contributed by atoms with Gasteiger partial charge in [-0.15, -0.1) is 0 Å². The molecule has 1 heterocycles. The van der Waals surface area contributed by atoms with Crippen molar-refractivity contribution in [2.24, 2.45) is 17.8 Å². The molecule has 4 N–H and O–H groups in total. The Morgan fingerprint density at radius 3 is 2.62 bits per heavy atom. The fourth-order valence-corrected chi connectivity index (χ4v) is 4.57. The molecule has 0 aromatic heterocycles. The van der Waals surface area contributed by atoms with Gasteiger partial charge in [0.25, 0.3) is 0 Å². The minimum Gasteiger partial charge on any atom is -0.508 e. The van der Waals surface area contributed by atoms with E-state index in [0.717, 1.165) is 6.42 Å². The van der Waals surface area contributed by atoms with E-state index < -0.39 is 42.4 Å². The van der Waals surface area contributed by atoms with Gasteiger partial charge >= 0.3 is 5.97 Å². The maximum Gasteiger partial charge on any atom is 0.331 e. The van der Waals surface area contributed by atoms with Crippen molar-refractivity contribution in [2.45, 2.75) is 51.1 Å². The van der Waals surface area contributed by atoms with Crippen LogP contribution < -0.4 is 0 Å². The van der Waals surface area contributed by atoms with Crippen LogP contribution >= 0.6 is 0 Å². The van der Waals surface area contributed by atoms with Gasteiger partial charge < -0.3 is 34.6 Å². The molecule has 1 aromatic carbocycles. The van der Waals surface area contributed by atoms with E-state index in [1.54, 1.807) is 12.1 Å². The highest BCUT2D eigenvalue weighted by Gasteiger charge is 2.62. The molecule has 0 saturated heterocycles. The number of carbonyl (C=O) groups is 1. The molecule has 34 heavy (non-hydrogen) atoms. The van der Waals surface area contributed by atoms with Gasteiger partial charge in [0.1, 0.15) is 17.5 Å². The summed E-state index contributed by atoms with van der Waals surface area (Å²) < 4.78 is 17.2. The van der Waals surface area contributed by atoms with Crippen LogP contribution in [0.5, 0.6) is 5.75 Å². The lowest BCUT2D eigenvalue weighted by molar-refractivity contribution is -0.210. The third-order valence-corrected chi connectivity index (χ3v) is 6.71. The van der Waals surface area contributed by atoms with Crippen molar-refractivity contribution in [3.05, 3.63) is 60.1 Å². The second-order valence-electron chi connectivity index (χ2n) is 9.10. The Labute approximate surface area is 199 Å². The summed E-state index contributed by atoms with van der Waals surface area (Å²) in [6.07, 6.45) is 3.90. The molecule has 0 unspecified atom stereocenters. The minimum absolute atomic E-state index is 0.111. The Morgan fingerprint density at radius 1 is 1.29 bits per heavy atom. The molecular weight excluding hydrogens is 440 g/mol. The normalized spacial score (nSPS) is 29.1. The number of aromatic hydroxyl groups is 1. The van der Waals surface area contributed by atoms with E-state index in [2.05, 4.69) is 20.4 Å². The second-order valence-corrected chi connectivity index (χ2v) is 9.10. The van der Waals surface area contributed by atoms with Crippen molar-refractivity contribution in [1.29, 1.82) is 0 Å². The number of aliphatic hydroxyl groups excluding tert-OH is 2. The molecule has 8 nitrogen and oxygen atoms in total. The van der Waals surface area contributed by atoms with Crippen molar-refractivity contribution in [3.63, 3.8) is 0 Å². The first-order valence-corrected chi connectivity index (χ1v) is 11.5. The number of benzene rings is 1. The van der Waals surface area contributed by atoms with E-state index in [1.807, 2.05) is 0 Å². The van der Waals surface area contributed by atoms with Crippen LogP contribution in [0.25, 0.3) is 6.08 Å². The number of phenolic OH excluding ortho intramolecular Hbond substituents is 1. The molecule has 1 fully saturated rings. The molecule has 186 valence electrons. The van der Waals surface area contributed by atoms with Crippen molar-refractivity contribution >= 4 is 12.0 Å². The number of phenols is 1. The number of hydrogen-bond donors (Lipinski definition) is 4. The van der Waals surface area contributed by atoms with Gasteiger partial charge in [0.05, 0.1) is 31.2 Å². The predicted molar refractivity (Wildman–Crippen MR) is 125 cm³/mol. The zero-order chi connectivity index (χ0) is 24.9. The average Bonchev–Trinajstić information content (AvgIpc) is 3.11. The fraction of sp³-hybridized carbons (Fsp3) is 0.500. The number of rotatable bonds is 10. The summed E-state index contributed by atoms with van der Waals surface area (Å²) in [6, 6.07) is 6.26. The Morgan fingerprint density at radius 2 is 2.00 bits per heavy atom. The van der Waals surface area contributed by atoms with Crippen LogP contribution in [-0.4, -0.2) is 57.6 Å². The third kappa shape index (κ3) is 5.63. The zero-order valence-electron chi connectivity index (χ0n) is 19.6. The highest BCUT2D eigenvalue weighted by atomic mass is 16.7. The molecule has 0 bridgehead atoms. The highest BCUT2D eigenvalue weighted by Crippen LogP contribution is 2.50. The number of allylic oxidation sites excluding steroid dienone is 1. The SMILES string of the molecule is C=C(C[C@H](C)CC)O[C@@H]1OC=C(CO)[C@H]2C[C@H](OC(=O)/C=C/c3ccc(O)cc3)[C@](O)(CO)[C@@H]12. The fourth-order valence-electron chi connectivity index (χ4n) is 4.57. The van der Waals surface area contributed by atoms with E-state index in [4.69, 9.17) is 14.2 Å². The van der Waals surface area contributed by atoms with Gasteiger partial charge in [0, 0.05) is 18.4 Å². The van der Waals surface area contributed by atoms with Gasteiger partial charge in [-0.2, -0.15) is 0 Å². The Balaban J connectivity index is 1.77. The van der Waals surface area contributed by atoms with Crippen LogP contribution in [0.2, 0.25) is 0 Å². The first-order valence-electron chi connectivity index (χ1n) is 11.5. The second kappa shape index (κ2) is 11.1. The number of fused-ring (bicyclic) bond motifs is 1. The van der Waals surface area contributed by atoms with E-state index in [9.17, 15) is 25.2 Å². The summed E-state index contributed by atoms with van der Waals surface area (Å²) in [5.74, 6) is -0.938. The summed E-state index contributed by atoms with van der Waals surface area (Å²) in [7, 11) is 0. The van der Waals surface area contributed by atoms with Crippen molar-refractivity contribution in [1.82, 2.24) is 0 Å². The van der Waals surface area contributed by atoms with E-state index in [1.165, 1.54) is 30.5 Å². The average molecular weight is 475 g/mol. The minimum atomic E-state index is -1.84. The van der Waals surface area contributed by atoms with Crippen molar-refractivity contribution in [2.75, 3.05) is 13.2 Å². The van der Waals surface area contributed by atoms with E-state index >= 15 is 0 Å². The maximum absolute atomic E-state index is 12.5. The van der Waals surface area contributed by atoms with E-state index in [0.29, 0.717) is 29.2 Å². The molecule has 0 spiro atoms. The molecule has 1 saturated carbocycles. The third-order valence-electron chi connectivity index (χ3n) is 6.71. The molecule has 1 aromatic rings. The van der Waals surface area contributed by atoms with Gasteiger partial charge in [-0.1, -0.05) is 39.0 Å². The summed E-state index contributed by atoms with van der Waals surface area (Å²) >= 11 is 0. The first kappa shape index (κ1) is 25.8. The number of esters is 1. The summed E-state index contributed by atoms with van der Waals surface area (Å²) in [5.41, 5.74) is -0.634. The monoisotopic (exact) mass is 474 g/mol. The van der Waals surface area contributed by atoms with Crippen LogP contribution in [0.1, 0.15) is 38.7 Å². The topological polar surface area (TPSA) is 126 Å². The van der Waals surface area contributed by atoms with Crippen LogP contribution in [0.15, 0.2) is 54.5 Å². The summed E-state index contributed by atoms with van der Waals surface area (Å²) in [4.78, 5) is 12.5. The predicted octanol–water partition coefficient (Wildman–Crippen LogP) is 2.88. The Kier molecular flexibility index (Phi) is 8.41.